The number of carbonyl (C=O) groups is 2. The van der Waals surface area contributed by atoms with Gasteiger partial charge in [-0.3, -0.25) is 4.79 Å². The van der Waals surface area contributed by atoms with Gasteiger partial charge in [-0.15, -0.1) is 0 Å². The average molecular weight is 312 g/mol. The topological polar surface area (TPSA) is 58.6 Å². The Bertz CT molecular complexity index is 744. The number of hydrogen-bond acceptors (Lipinski definition) is 3. The summed E-state index contributed by atoms with van der Waals surface area (Å²) in [5.74, 6) is -0.0592. The molecule has 1 fully saturated rings. The number of hydrogen-bond donors (Lipinski definition) is 1. The molecule has 0 radical (unpaired) electrons. The van der Waals surface area contributed by atoms with Crippen molar-refractivity contribution in [1.29, 1.82) is 0 Å². The molecule has 3 rings (SSSR count). The normalized spacial score (nSPS) is 19.0. The molecule has 1 aliphatic rings. The number of nitrogens with zero attached hydrogens (tertiary/aromatic N) is 1. The Kier molecular flexibility index (Phi) is 4.19. The minimum Gasteiger partial charge on any atom is -0.453 e. The molecule has 1 heterocycles. The van der Waals surface area contributed by atoms with E-state index in [1.165, 1.54) is 12.5 Å². The summed E-state index contributed by atoms with van der Waals surface area (Å²) < 4.78 is 4.57. The van der Waals surface area contributed by atoms with E-state index in [-0.39, 0.29) is 11.9 Å². The quantitative estimate of drug-likeness (QED) is 0.948. The van der Waals surface area contributed by atoms with Crippen LogP contribution in [-0.2, 0) is 9.53 Å². The van der Waals surface area contributed by atoms with Gasteiger partial charge in [0.2, 0.25) is 5.91 Å². The van der Waals surface area contributed by atoms with E-state index in [9.17, 15) is 9.59 Å². The predicted molar refractivity (Wildman–Crippen MR) is 88.0 cm³/mol. The third kappa shape index (κ3) is 2.99. The maximum atomic E-state index is 12.5. The third-order valence-electron chi connectivity index (χ3n) is 4.44. The molecule has 0 bridgehead atoms. The second-order valence-electron chi connectivity index (χ2n) is 5.79. The zero-order valence-corrected chi connectivity index (χ0v) is 13.3. The van der Waals surface area contributed by atoms with E-state index in [4.69, 9.17) is 0 Å². The van der Waals surface area contributed by atoms with Crippen molar-refractivity contribution in [3.8, 4) is 0 Å². The highest BCUT2D eigenvalue weighted by Gasteiger charge is 2.35. The van der Waals surface area contributed by atoms with Crippen molar-refractivity contribution >= 4 is 22.8 Å². The van der Waals surface area contributed by atoms with Gasteiger partial charge in [0.15, 0.2) is 0 Å². The lowest BCUT2D eigenvalue weighted by Crippen LogP contribution is -2.42. The fraction of sp³-hybridized carbons (Fsp3) is 0.333. The van der Waals surface area contributed by atoms with Gasteiger partial charge in [-0.2, -0.15) is 0 Å². The molecule has 0 aromatic heterocycles. The summed E-state index contributed by atoms with van der Waals surface area (Å²) in [6.07, 6.45) is 0.0369. The lowest BCUT2D eigenvalue weighted by atomic mass is 10.0. The van der Waals surface area contributed by atoms with Gasteiger partial charge < -0.3 is 15.0 Å². The second kappa shape index (κ2) is 6.28. The van der Waals surface area contributed by atoms with Crippen LogP contribution in [0.15, 0.2) is 42.5 Å². The molecule has 1 unspecified atom stereocenters. The Labute approximate surface area is 135 Å². The van der Waals surface area contributed by atoms with Gasteiger partial charge in [0.1, 0.15) is 6.04 Å². The van der Waals surface area contributed by atoms with E-state index in [1.54, 1.807) is 0 Å². The van der Waals surface area contributed by atoms with Crippen molar-refractivity contribution in [2.75, 3.05) is 13.7 Å². The van der Waals surface area contributed by atoms with Crippen LogP contribution in [0, 0.1) is 0 Å². The highest BCUT2D eigenvalue weighted by Crippen LogP contribution is 2.28. The number of nitrogens with one attached hydrogen (secondary N) is 1. The molecule has 2 aromatic carbocycles. The lowest BCUT2D eigenvalue weighted by Gasteiger charge is -2.25. The third-order valence-corrected chi connectivity index (χ3v) is 4.44. The number of alkyl carbamates (subject to hydrolysis) is 1. The molecule has 2 atom stereocenters. The maximum absolute atomic E-state index is 12.5. The fourth-order valence-electron chi connectivity index (χ4n) is 3.07. The van der Waals surface area contributed by atoms with E-state index >= 15 is 0 Å². The van der Waals surface area contributed by atoms with Crippen LogP contribution in [0.4, 0.5) is 4.79 Å². The molecular formula is C18H20N2O3. The Morgan fingerprint density at radius 3 is 2.74 bits per heavy atom. The number of methoxy groups -OCH3 is 1. The van der Waals surface area contributed by atoms with Gasteiger partial charge in [0.25, 0.3) is 0 Å². The summed E-state index contributed by atoms with van der Waals surface area (Å²) in [5, 5.41) is 4.93. The van der Waals surface area contributed by atoms with Crippen LogP contribution in [0.3, 0.4) is 0 Å². The molecule has 1 aliphatic heterocycles. The van der Waals surface area contributed by atoms with Crippen LogP contribution >= 0.6 is 0 Å². The first kappa shape index (κ1) is 15.3. The highest BCUT2D eigenvalue weighted by molar-refractivity contribution is 5.88. The summed E-state index contributed by atoms with van der Waals surface area (Å²) >= 11 is 0. The van der Waals surface area contributed by atoms with Crippen molar-refractivity contribution in [3.63, 3.8) is 0 Å². The lowest BCUT2D eigenvalue weighted by molar-refractivity contribution is -0.131. The van der Waals surface area contributed by atoms with Gasteiger partial charge in [-0.25, -0.2) is 4.79 Å². The molecule has 5 heteroatoms. The molecule has 5 nitrogen and oxygen atoms in total. The predicted octanol–water partition coefficient (Wildman–Crippen LogP) is 2.86. The number of fused-ring (bicyclic) bond motifs is 1. The van der Waals surface area contributed by atoms with Crippen LogP contribution in [0.25, 0.3) is 10.8 Å². The molecule has 1 N–H and O–H groups in total. The largest absolute Gasteiger partial charge is 0.453 e. The number of ether oxygens (including phenoxy) is 1. The monoisotopic (exact) mass is 312 g/mol. The van der Waals surface area contributed by atoms with Crippen LogP contribution in [0.5, 0.6) is 0 Å². The van der Waals surface area contributed by atoms with E-state index < -0.39 is 12.1 Å². The molecule has 23 heavy (non-hydrogen) atoms. The fourth-order valence-corrected chi connectivity index (χ4v) is 3.07. The van der Waals surface area contributed by atoms with E-state index in [0.29, 0.717) is 13.0 Å². The molecule has 2 amide bonds. The molecule has 1 saturated heterocycles. The number of carbonyl (C=O) groups excluding carboxylic acids is 2. The van der Waals surface area contributed by atoms with Gasteiger partial charge >= 0.3 is 6.09 Å². The summed E-state index contributed by atoms with van der Waals surface area (Å²) in [7, 11) is 1.30. The van der Waals surface area contributed by atoms with E-state index in [0.717, 1.165) is 10.9 Å². The average Bonchev–Trinajstić information content (AvgIpc) is 2.94. The summed E-state index contributed by atoms with van der Waals surface area (Å²) in [5.41, 5.74) is 1.09. The molecule has 0 spiro atoms. The number of amides is 2. The Morgan fingerprint density at radius 1 is 1.26 bits per heavy atom. The van der Waals surface area contributed by atoms with Crippen molar-refractivity contribution in [2.24, 2.45) is 0 Å². The van der Waals surface area contributed by atoms with Crippen molar-refractivity contribution in [2.45, 2.75) is 25.4 Å². The van der Waals surface area contributed by atoms with Crippen LogP contribution in [0.1, 0.15) is 24.9 Å². The zero-order chi connectivity index (χ0) is 16.4. The Balaban J connectivity index is 1.78. The standard InChI is InChI=1S/C18H20N2O3/c1-12(14-8-7-13-5-3-4-6-15(13)11-14)20-10-9-16(17(20)21)19-18(22)23-2/h3-8,11-12,16H,9-10H2,1-2H3,(H,19,22)/t12-,16?/m1/s1. The minimum absolute atomic E-state index is 0.0310. The Morgan fingerprint density at radius 2 is 2.00 bits per heavy atom. The first-order valence-electron chi connectivity index (χ1n) is 7.74. The van der Waals surface area contributed by atoms with Crippen molar-refractivity contribution in [3.05, 3.63) is 48.0 Å². The molecule has 2 aromatic rings. The first-order valence-corrected chi connectivity index (χ1v) is 7.74. The van der Waals surface area contributed by atoms with Gasteiger partial charge in [-0.05, 0) is 35.7 Å². The highest BCUT2D eigenvalue weighted by atomic mass is 16.5. The van der Waals surface area contributed by atoms with E-state index in [1.807, 2.05) is 24.0 Å². The van der Waals surface area contributed by atoms with Gasteiger partial charge in [0.05, 0.1) is 13.2 Å². The van der Waals surface area contributed by atoms with Crippen LogP contribution in [0.2, 0.25) is 0 Å². The van der Waals surface area contributed by atoms with Gasteiger partial charge in [-0.1, -0.05) is 36.4 Å². The Hall–Kier alpha value is -2.56. The number of rotatable bonds is 3. The number of likely N-dealkylation sites (tertiary alicyclic amines) is 1. The molecule has 0 saturated carbocycles. The number of benzene rings is 2. The van der Waals surface area contributed by atoms with Crippen molar-refractivity contribution < 1.29 is 14.3 Å². The minimum atomic E-state index is -0.566. The summed E-state index contributed by atoms with van der Waals surface area (Å²) in [4.78, 5) is 25.6. The molecule has 0 aliphatic carbocycles. The van der Waals surface area contributed by atoms with Crippen LogP contribution in [-0.4, -0.2) is 36.6 Å². The van der Waals surface area contributed by atoms with E-state index in [2.05, 4.69) is 40.4 Å². The van der Waals surface area contributed by atoms with Crippen LogP contribution < -0.4 is 5.32 Å². The summed E-state index contributed by atoms with van der Waals surface area (Å²) in [6, 6.07) is 13.9. The SMILES string of the molecule is COC(=O)NC1CCN([C@H](C)c2ccc3ccccc3c2)C1=O. The zero-order valence-electron chi connectivity index (χ0n) is 13.3. The first-order chi connectivity index (χ1) is 11.1. The van der Waals surface area contributed by atoms with Crippen molar-refractivity contribution in [1.82, 2.24) is 10.2 Å². The van der Waals surface area contributed by atoms with Gasteiger partial charge in [0, 0.05) is 6.54 Å². The smallest absolute Gasteiger partial charge is 0.407 e. The molecule has 120 valence electrons. The summed E-state index contributed by atoms with van der Waals surface area (Å²) in [6.45, 7) is 2.64. The maximum Gasteiger partial charge on any atom is 0.407 e. The second-order valence-corrected chi connectivity index (χ2v) is 5.79. The molecular weight excluding hydrogens is 292 g/mol.